The third-order valence-corrected chi connectivity index (χ3v) is 5.09. The minimum absolute atomic E-state index is 0.243. The molecule has 2 aliphatic heterocycles. The second kappa shape index (κ2) is 4.88. The molecule has 2 fully saturated rings. The molecular formula is C17H21N3O. The number of fused-ring (bicyclic) bond motifs is 1. The van der Waals surface area contributed by atoms with Crippen LogP contribution in [0.4, 0.5) is 0 Å². The summed E-state index contributed by atoms with van der Waals surface area (Å²) in [4.78, 5) is 18.1. The van der Waals surface area contributed by atoms with Crippen LogP contribution in [0.15, 0.2) is 30.5 Å². The van der Waals surface area contributed by atoms with Gasteiger partial charge >= 0.3 is 0 Å². The number of benzene rings is 1. The van der Waals surface area contributed by atoms with Crippen molar-refractivity contribution in [2.24, 2.45) is 0 Å². The number of carbonyl (C=O) groups is 1. The highest BCUT2D eigenvalue weighted by Gasteiger charge is 2.47. The standard InChI is InChI=1S/C17H21N3O/c21-16-17(6-1-8-19-16)7-2-10-20(17)12-13-3-4-14-5-9-18-15(14)11-13/h3-5,9,11,18H,1-2,6-8,10,12H2,(H,19,21). The van der Waals surface area contributed by atoms with Crippen molar-refractivity contribution >= 4 is 16.8 Å². The number of nitrogens with one attached hydrogen (secondary N) is 2. The minimum atomic E-state index is -0.247. The van der Waals surface area contributed by atoms with E-state index in [-0.39, 0.29) is 11.4 Å². The molecule has 0 bridgehead atoms. The van der Waals surface area contributed by atoms with Gasteiger partial charge in [-0.25, -0.2) is 0 Å². The molecule has 2 N–H and O–H groups in total. The molecule has 1 aromatic heterocycles. The van der Waals surface area contributed by atoms with Gasteiger partial charge in [-0.15, -0.1) is 0 Å². The van der Waals surface area contributed by atoms with E-state index in [2.05, 4.69) is 39.5 Å². The van der Waals surface area contributed by atoms with Crippen LogP contribution >= 0.6 is 0 Å². The fourth-order valence-corrected chi connectivity index (χ4v) is 3.98. The van der Waals surface area contributed by atoms with Gasteiger partial charge in [0.1, 0.15) is 5.54 Å². The average molecular weight is 283 g/mol. The van der Waals surface area contributed by atoms with Crippen LogP contribution < -0.4 is 5.32 Å². The van der Waals surface area contributed by atoms with Gasteiger partial charge in [-0.05, 0) is 55.3 Å². The van der Waals surface area contributed by atoms with Gasteiger partial charge in [0.05, 0.1) is 0 Å². The first-order chi connectivity index (χ1) is 10.3. The van der Waals surface area contributed by atoms with E-state index in [9.17, 15) is 4.79 Å². The first-order valence-corrected chi connectivity index (χ1v) is 7.87. The molecule has 2 aromatic rings. The predicted molar refractivity (Wildman–Crippen MR) is 82.9 cm³/mol. The molecule has 3 heterocycles. The Labute approximate surface area is 124 Å². The Morgan fingerprint density at radius 2 is 2.10 bits per heavy atom. The molecule has 0 radical (unpaired) electrons. The Morgan fingerprint density at radius 3 is 3.00 bits per heavy atom. The zero-order chi connectivity index (χ0) is 14.3. The fraction of sp³-hybridized carbons (Fsp3) is 0.471. The number of H-pyrrole nitrogens is 1. The number of piperidine rings is 1. The van der Waals surface area contributed by atoms with Gasteiger partial charge in [0.25, 0.3) is 0 Å². The number of amides is 1. The first-order valence-electron chi connectivity index (χ1n) is 7.87. The highest BCUT2D eigenvalue weighted by Crippen LogP contribution is 2.36. The van der Waals surface area contributed by atoms with Crippen molar-refractivity contribution in [1.29, 1.82) is 0 Å². The number of hydrogen-bond donors (Lipinski definition) is 2. The molecule has 1 aromatic carbocycles. The van der Waals surface area contributed by atoms with Gasteiger partial charge in [0.15, 0.2) is 0 Å². The fourth-order valence-electron chi connectivity index (χ4n) is 3.98. The van der Waals surface area contributed by atoms with Crippen LogP contribution in [0, 0.1) is 0 Å². The summed E-state index contributed by atoms with van der Waals surface area (Å²) in [6.07, 6.45) is 6.20. The van der Waals surface area contributed by atoms with E-state index in [0.29, 0.717) is 0 Å². The Hall–Kier alpha value is -1.81. The van der Waals surface area contributed by atoms with Crippen molar-refractivity contribution < 1.29 is 4.79 Å². The molecule has 2 saturated heterocycles. The Kier molecular flexibility index (Phi) is 3.00. The largest absolute Gasteiger partial charge is 0.361 e. The summed E-state index contributed by atoms with van der Waals surface area (Å²) >= 11 is 0. The van der Waals surface area contributed by atoms with Gasteiger partial charge < -0.3 is 10.3 Å². The van der Waals surface area contributed by atoms with Crippen LogP contribution in [0.2, 0.25) is 0 Å². The lowest BCUT2D eigenvalue weighted by Gasteiger charge is -2.40. The molecule has 21 heavy (non-hydrogen) atoms. The van der Waals surface area contributed by atoms with Gasteiger partial charge in [0, 0.05) is 24.8 Å². The van der Waals surface area contributed by atoms with Crippen LogP contribution in [0.3, 0.4) is 0 Å². The second-order valence-corrected chi connectivity index (χ2v) is 6.32. The molecule has 1 amide bonds. The highest BCUT2D eigenvalue weighted by atomic mass is 16.2. The summed E-state index contributed by atoms with van der Waals surface area (Å²) in [5, 5.41) is 4.31. The number of rotatable bonds is 2. The monoisotopic (exact) mass is 283 g/mol. The quantitative estimate of drug-likeness (QED) is 0.889. The van der Waals surface area contributed by atoms with Gasteiger partial charge in [-0.2, -0.15) is 0 Å². The number of aromatic amines is 1. The van der Waals surface area contributed by atoms with Crippen molar-refractivity contribution in [2.45, 2.75) is 37.8 Å². The minimum Gasteiger partial charge on any atom is -0.361 e. The SMILES string of the molecule is O=C1NCCCC12CCCN2Cc1ccc2cc[nH]c2c1. The third kappa shape index (κ3) is 2.05. The maximum absolute atomic E-state index is 12.4. The number of nitrogens with zero attached hydrogens (tertiary/aromatic N) is 1. The van der Waals surface area contributed by atoms with Crippen molar-refractivity contribution in [3.63, 3.8) is 0 Å². The van der Waals surface area contributed by atoms with Gasteiger partial charge in [-0.3, -0.25) is 9.69 Å². The normalized spacial score (nSPS) is 26.6. The lowest BCUT2D eigenvalue weighted by Crippen LogP contribution is -2.58. The van der Waals surface area contributed by atoms with Crippen molar-refractivity contribution in [1.82, 2.24) is 15.2 Å². The maximum atomic E-state index is 12.4. The molecule has 1 spiro atoms. The lowest BCUT2D eigenvalue weighted by molar-refractivity contribution is -0.134. The van der Waals surface area contributed by atoms with Crippen molar-refractivity contribution in [3.05, 3.63) is 36.0 Å². The van der Waals surface area contributed by atoms with E-state index in [0.717, 1.165) is 45.3 Å². The van der Waals surface area contributed by atoms with Crippen molar-refractivity contribution in [3.8, 4) is 0 Å². The Morgan fingerprint density at radius 1 is 1.19 bits per heavy atom. The van der Waals surface area contributed by atoms with Crippen LogP contribution in [-0.4, -0.2) is 34.4 Å². The summed E-state index contributed by atoms with van der Waals surface area (Å²) in [5.41, 5.74) is 2.21. The zero-order valence-electron chi connectivity index (χ0n) is 12.2. The van der Waals surface area contributed by atoms with E-state index < -0.39 is 0 Å². The Balaban J connectivity index is 1.61. The molecular weight excluding hydrogens is 262 g/mol. The molecule has 0 saturated carbocycles. The molecule has 1 atom stereocenters. The van der Waals surface area contributed by atoms with Gasteiger partial charge in [-0.1, -0.05) is 12.1 Å². The van der Waals surface area contributed by atoms with E-state index >= 15 is 0 Å². The van der Waals surface area contributed by atoms with Crippen LogP contribution in [-0.2, 0) is 11.3 Å². The summed E-state index contributed by atoms with van der Waals surface area (Å²) in [5.74, 6) is 0.243. The van der Waals surface area contributed by atoms with Gasteiger partial charge in [0.2, 0.25) is 5.91 Å². The molecule has 4 rings (SSSR count). The van der Waals surface area contributed by atoms with E-state index in [4.69, 9.17) is 0 Å². The topological polar surface area (TPSA) is 48.1 Å². The molecule has 1 unspecified atom stereocenters. The maximum Gasteiger partial charge on any atom is 0.240 e. The average Bonchev–Trinajstić information content (AvgIpc) is 3.10. The van der Waals surface area contributed by atoms with Crippen LogP contribution in [0.25, 0.3) is 10.9 Å². The number of carbonyl (C=O) groups excluding carboxylic acids is 1. The second-order valence-electron chi connectivity index (χ2n) is 6.32. The Bertz CT molecular complexity index is 677. The lowest BCUT2D eigenvalue weighted by atomic mass is 9.86. The molecule has 4 heteroatoms. The molecule has 2 aliphatic rings. The van der Waals surface area contributed by atoms with Crippen LogP contribution in [0.5, 0.6) is 0 Å². The zero-order valence-corrected chi connectivity index (χ0v) is 12.2. The predicted octanol–water partition coefficient (Wildman–Crippen LogP) is 2.41. The van der Waals surface area contributed by atoms with E-state index in [1.807, 2.05) is 6.20 Å². The highest BCUT2D eigenvalue weighted by molar-refractivity contribution is 5.87. The third-order valence-electron chi connectivity index (χ3n) is 5.09. The molecule has 4 nitrogen and oxygen atoms in total. The van der Waals surface area contributed by atoms with E-state index in [1.165, 1.54) is 16.5 Å². The molecule has 110 valence electrons. The molecule has 0 aliphatic carbocycles. The van der Waals surface area contributed by atoms with Crippen LogP contribution in [0.1, 0.15) is 31.2 Å². The van der Waals surface area contributed by atoms with Crippen molar-refractivity contribution in [2.75, 3.05) is 13.1 Å². The number of hydrogen-bond acceptors (Lipinski definition) is 2. The number of likely N-dealkylation sites (tertiary alicyclic amines) is 1. The first kappa shape index (κ1) is 12.9. The summed E-state index contributed by atoms with van der Waals surface area (Å²) < 4.78 is 0. The summed E-state index contributed by atoms with van der Waals surface area (Å²) in [6, 6.07) is 8.64. The summed E-state index contributed by atoms with van der Waals surface area (Å²) in [6.45, 7) is 2.72. The number of aromatic nitrogens is 1. The smallest absolute Gasteiger partial charge is 0.240 e. The summed E-state index contributed by atoms with van der Waals surface area (Å²) in [7, 11) is 0. The van der Waals surface area contributed by atoms with E-state index in [1.54, 1.807) is 0 Å².